The van der Waals surface area contributed by atoms with E-state index in [2.05, 4.69) is 31.0 Å². The molecule has 1 heterocycles. The second-order valence-corrected chi connectivity index (χ2v) is 9.54. The fourth-order valence-electron chi connectivity index (χ4n) is 4.22. The van der Waals surface area contributed by atoms with Crippen molar-refractivity contribution in [2.24, 2.45) is 16.1 Å². The van der Waals surface area contributed by atoms with Gasteiger partial charge in [0.1, 0.15) is 0 Å². The van der Waals surface area contributed by atoms with Gasteiger partial charge >= 0.3 is 12.1 Å². The van der Waals surface area contributed by atoms with E-state index in [1.165, 1.54) is 11.1 Å². The number of alkyl halides is 3. The maximum Gasteiger partial charge on any atom is 0.490 e. The van der Waals surface area contributed by atoms with Crippen molar-refractivity contribution < 1.29 is 27.9 Å². The van der Waals surface area contributed by atoms with Crippen LogP contribution >= 0.6 is 0 Å². The van der Waals surface area contributed by atoms with E-state index in [9.17, 15) is 18.0 Å². The third-order valence-corrected chi connectivity index (χ3v) is 6.16. The molecular weight excluding hydrogens is 463 g/mol. The molecule has 1 aromatic carbocycles. The number of rotatable bonds is 3. The molecule has 0 radical (unpaired) electrons. The molecule has 0 unspecified atom stereocenters. The number of halogens is 3. The van der Waals surface area contributed by atoms with E-state index in [0.29, 0.717) is 16.9 Å². The van der Waals surface area contributed by atoms with Crippen molar-refractivity contribution in [1.29, 1.82) is 5.26 Å². The lowest BCUT2D eigenvalue weighted by molar-refractivity contribution is -0.192. The number of nitrogens with zero attached hydrogens (tertiary/aromatic N) is 4. The summed E-state index contributed by atoms with van der Waals surface area (Å²) in [6.45, 7) is 6.10. The predicted octanol–water partition coefficient (Wildman–Crippen LogP) is 3.81. The van der Waals surface area contributed by atoms with Crippen molar-refractivity contribution in [3.63, 3.8) is 0 Å². The molecule has 35 heavy (non-hydrogen) atoms. The highest BCUT2D eigenvalue weighted by atomic mass is 19.4. The van der Waals surface area contributed by atoms with Gasteiger partial charge in [0.25, 0.3) is 0 Å². The number of hydrogen-bond acceptors (Lipinski definition) is 4. The molecule has 1 aromatic rings. The summed E-state index contributed by atoms with van der Waals surface area (Å²) in [7, 11) is 3.90. The van der Waals surface area contributed by atoms with Crippen LogP contribution in [0.25, 0.3) is 5.57 Å². The summed E-state index contributed by atoms with van der Waals surface area (Å²) < 4.78 is 31.7. The summed E-state index contributed by atoms with van der Waals surface area (Å²) in [5.74, 6) is -2.19. The van der Waals surface area contributed by atoms with Gasteiger partial charge in [0, 0.05) is 38.7 Å². The number of likely N-dealkylation sites (N-methyl/N-ethyl adjacent to an activating group) is 2. The molecule has 3 rings (SSSR count). The Morgan fingerprint density at radius 3 is 2.23 bits per heavy atom. The lowest BCUT2D eigenvalue weighted by Crippen LogP contribution is -2.49. The van der Waals surface area contributed by atoms with Crippen LogP contribution in [0.1, 0.15) is 60.5 Å². The van der Waals surface area contributed by atoms with E-state index >= 15 is 0 Å². The average Bonchev–Trinajstić information content (AvgIpc) is 2.75. The molecule has 1 saturated heterocycles. The number of allylic oxidation sites excluding steroid dienone is 2. The van der Waals surface area contributed by atoms with Gasteiger partial charge in [0.15, 0.2) is 0 Å². The average molecular weight is 494 g/mol. The van der Waals surface area contributed by atoms with Crippen molar-refractivity contribution in [3.05, 3.63) is 41.0 Å². The van der Waals surface area contributed by atoms with E-state index in [4.69, 9.17) is 20.9 Å². The number of aliphatic carboxylic acids is 1. The first-order valence-electron chi connectivity index (χ1n) is 11.0. The van der Waals surface area contributed by atoms with E-state index < -0.39 is 12.1 Å². The van der Waals surface area contributed by atoms with Gasteiger partial charge in [-0.1, -0.05) is 32.1 Å². The number of primary amides is 1. The first-order chi connectivity index (χ1) is 16.2. The molecule has 1 aliphatic heterocycles. The minimum Gasteiger partial charge on any atom is -0.475 e. The zero-order valence-corrected chi connectivity index (χ0v) is 20.2. The van der Waals surface area contributed by atoms with Crippen molar-refractivity contribution in [1.82, 2.24) is 9.80 Å². The van der Waals surface area contributed by atoms with E-state index in [-0.39, 0.29) is 11.8 Å². The summed E-state index contributed by atoms with van der Waals surface area (Å²) in [6.07, 6.45) is 2.13. The van der Waals surface area contributed by atoms with Crippen LogP contribution in [-0.4, -0.2) is 66.1 Å². The van der Waals surface area contributed by atoms with Gasteiger partial charge in [-0.05, 0) is 47.4 Å². The van der Waals surface area contributed by atoms with Gasteiger partial charge in [-0.2, -0.15) is 18.4 Å². The quantitative estimate of drug-likeness (QED) is 0.618. The Morgan fingerprint density at radius 2 is 1.80 bits per heavy atom. The summed E-state index contributed by atoms with van der Waals surface area (Å²) >= 11 is 0. The highest BCUT2D eigenvalue weighted by Gasteiger charge is 2.38. The second kappa shape index (κ2) is 10.8. The van der Waals surface area contributed by atoms with Crippen LogP contribution in [0.3, 0.4) is 0 Å². The zero-order valence-electron chi connectivity index (χ0n) is 20.2. The minimum atomic E-state index is -5.08. The number of benzene rings is 1. The predicted molar refractivity (Wildman–Crippen MR) is 125 cm³/mol. The first-order valence-corrected chi connectivity index (χ1v) is 11.0. The van der Waals surface area contributed by atoms with Crippen molar-refractivity contribution in [3.8, 4) is 6.19 Å². The third kappa shape index (κ3) is 7.21. The van der Waals surface area contributed by atoms with E-state index in [1.807, 2.05) is 42.2 Å². The Hall–Kier alpha value is -3.55. The van der Waals surface area contributed by atoms with Crippen LogP contribution in [0.15, 0.2) is 29.3 Å². The van der Waals surface area contributed by atoms with Gasteiger partial charge in [-0.15, -0.1) is 4.99 Å². The summed E-state index contributed by atoms with van der Waals surface area (Å²) in [6, 6.07) is 6.02. The van der Waals surface area contributed by atoms with Crippen LogP contribution < -0.4 is 5.73 Å². The highest BCUT2D eigenvalue weighted by molar-refractivity contribution is 5.98. The summed E-state index contributed by atoms with van der Waals surface area (Å²) in [4.78, 5) is 28.8. The molecule has 0 saturated carbocycles. The van der Waals surface area contributed by atoms with Gasteiger partial charge in [-0.25, -0.2) is 4.79 Å². The van der Waals surface area contributed by atoms with Crippen LogP contribution in [0, 0.1) is 16.9 Å². The minimum absolute atomic E-state index is 0.258. The van der Waals surface area contributed by atoms with E-state index in [0.717, 1.165) is 37.9 Å². The molecule has 1 amide bonds. The Labute approximate surface area is 202 Å². The lowest BCUT2D eigenvalue weighted by Gasteiger charge is -2.39. The Morgan fingerprint density at radius 1 is 1.23 bits per heavy atom. The Bertz CT molecular complexity index is 1060. The first kappa shape index (κ1) is 27.7. The number of nitrogens with two attached hydrogens (primary N) is 1. The van der Waals surface area contributed by atoms with Crippen LogP contribution in [0.4, 0.5) is 13.2 Å². The van der Waals surface area contributed by atoms with Crippen LogP contribution in [0.5, 0.6) is 0 Å². The Kier molecular flexibility index (Phi) is 8.55. The largest absolute Gasteiger partial charge is 0.490 e. The van der Waals surface area contributed by atoms with Gasteiger partial charge < -0.3 is 20.6 Å². The molecule has 11 heteroatoms. The van der Waals surface area contributed by atoms with Crippen LogP contribution in [-0.2, 0) is 4.79 Å². The molecule has 2 aliphatic rings. The highest BCUT2D eigenvalue weighted by Crippen LogP contribution is 2.39. The molecule has 0 aromatic heterocycles. The summed E-state index contributed by atoms with van der Waals surface area (Å²) in [5, 5.41) is 16.0. The van der Waals surface area contributed by atoms with Gasteiger partial charge in [-0.3, -0.25) is 4.79 Å². The van der Waals surface area contributed by atoms with Crippen LogP contribution in [0.2, 0.25) is 0 Å². The number of carbonyl (C=O) groups excluding carboxylic acids is 1. The molecule has 0 spiro atoms. The molecule has 190 valence electrons. The number of hydrogen-bond donors (Lipinski definition) is 2. The number of nitriles is 1. The topological polar surface area (TPSA) is 123 Å². The van der Waals surface area contributed by atoms with Gasteiger partial charge in [0.2, 0.25) is 18.1 Å². The lowest BCUT2D eigenvalue weighted by atomic mass is 9.76. The number of carboxylic acids is 1. The standard InChI is InChI=1S/C22H29N5O.C2HF3O2/c1-22(2)9-7-15(8-10-22)19-11-16(5-6-18(19)20(24)28)17-12-26(3)21(25-14-23)27(4)13-17;3-2(4,5)1(6)7/h5-7,11,17H,8-10,12-13H2,1-4H3,(H2,24,28);(H,6,7). The smallest absolute Gasteiger partial charge is 0.475 e. The van der Waals surface area contributed by atoms with E-state index in [1.54, 1.807) is 0 Å². The molecule has 1 fully saturated rings. The normalized spacial score (nSPS) is 19.7. The fourth-order valence-corrected chi connectivity index (χ4v) is 4.22. The number of carbonyl (C=O) groups is 2. The molecule has 0 bridgehead atoms. The fraction of sp³-hybridized carbons (Fsp3) is 0.500. The molecule has 8 nitrogen and oxygen atoms in total. The van der Waals surface area contributed by atoms with Crippen molar-refractivity contribution in [2.45, 2.75) is 45.2 Å². The molecule has 0 atom stereocenters. The maximum absolute atomic E-state index is 12.0. The SMILES string of the molecule is CN1CC(c2ccc(C(N)=O)c(C3=CCC(C)(C)CC3)c2)CN(C)C1=NC#N.O=C(O)C(F)(F)F. The monoisotopic (exact) mass is 493 g/mol. The Balaban J connectivity index is 0.000000540. The van der Waals surface area contributed by atoms with Crippen molar-refractivity contribution in [2.75, 3.05) is 27.2 Å². The maximum atomic E-state index is 12.0. The number of amides is 1. The number of guanidine groups is 1. The number of aliphatic imine (C=N–C) groups is 1. The molecular formula is C24H30F3N5O3. The van der Waals surface area contributed by atoms with Gasteiger partial charge in [0.05, 0.1) is 0 Å². The summed E-state index contributed by atoms with van der Waals surface area (Å²) in [5.41, 5.74) is 9.95. The number of carboxylic acid groups (broad SMARTS) is 1. The molecule has 1 aliphatic carbocycles. The third-order valence-electron chi connectivity index (χ3n) is 6.16. The van der Waals surface area contributed by atoms with Crippen molar-refractivity contribution >= 4 is 23.4 Å². The second-order valence-electron chi connectivity index (χ2n) is 9.54. The molecule has 3 N–H and O–H groups in total. The zero-order chi connectivity index (χ0) is 26.6.